The van der Waals surface area contributed by atoms with E-state index in [1.54, 1.807) is 49.4 Å². The molecule has 3 aromatic heterocycles. The van der Waals surface area contributed by atoms with Gasteiger partial charge in [-0.1, -0.05) is 59.5 Å². The Balaban J connectivity index is 1.44. The number of aliphatic hydroxyl groups excluding tert-OH is 1. The van der Waals surface area contributed by atoms with Crippen molar-refractivity contribution in [3.8, 4) is 5.75 Å². The molecule has 6 rings (SSSR count). The number of hydrogen-bond acceptors (Lipinski definition) is 9. The van der Waals surface area contributed by atoms with Crippen LogP contribution in [0.1, 0.15) is 34.1 Å². The molecular weight excluding hydrogens is 577 g/mol. The minimum Gasteiger partial charge on any atom is -0.505 e. The number of benzene rings is 2. The van der Waals surface area contributed by atoms with E-state index in [4.69, 9.17) is 4.74 Å². The average molecular weight is 602 g/mol. The molecule has 0 saturated carbocycles. The molecule has 212 valence electrons. The Morgan fingerprint density at radius 1 is 1.07 bits per heavy atom. The summed E-state index contributed by atoms with van der Waals surface area (Å²) in [6.45, 7) is 3.69. The molecule has 1 fully saturated rings. The van der Waals surface area contributed by atoms with Gasteiger partial charge in [-0.15, -0.1) is 10.2 Å². The number of aryl methyl sites for hydroxylation is 2. The van der Waals surface area contributed by atoms with Gasteiger partial charge < -0.3 is 14.2 Å². The molecule has 1 unspecified atom stereocenters. The summed E-state index contributed by atoms with van der Waals surface area (Å²) < 4.78 is 21.7. The van der Waals surface area contributed by atoms with E-state index in [1.165, 1.54) is 29.8 Å². The quantitative estimate of drug-likeness (QED) is 0.0811. The molecule has 9 nitrogen and oxygen atoms in total. The predicted molar refractivity (Wildman–Crippen MR) is 158 cm³/mol. The number of carbonyl (C=O) groups excluding carboxylic acids is 2. The van der Waals surface area contributed by atoms with Crippen molar-refractivity contribution in [3.63, 3.8) is 0 Å². The Bertz CT molecular complexity index is 1880. The molecule has 4 heterocycles. The number of thioether (sulfide) groups is 1. The number of halogens is 1. The van der Waals surface area contributed by atoms with E-state index >= 15 is 0 Å². The average Bonchev–Trinajstić information content (AvgIpc) is 3.67. The summed E-state index contributed by atoms with van der Waals surface area (Å²) in [5.41, 5.74) is 3.31. The second-order valence-electron chi connectivity index (χ2n) is 9.60. The van der Waals surface area contributed by atoms with Crippen LogP contribution in [0.25, 0.3) is 11.4 Å². The van der Waals surface area contributed by atoms with Crippen LogP contribution in [0.15, 0.2) is 76.8 Å². The third-order valence-corrected chi connectivity index (χ3v) is 9.20. The Hall–Kier alpha value is -4.55. The first-order valence-electron chi connectivity index (χ1n) is 12.9. The molecule has 12 heteroatoms. The highest BCUT2D eigenvalue weighted by Gasteiger charge is 2.49. The number of anilines is 1. The number of methoxy groups -OCH3 is 1. The molecule has 5 aromatic rings. The van der Waals surface area contributed by atoms with Gasteiger partial charge in [0.15, 0.2) is 10.1 Å². The zero-order valence-electron chi connectivity index (χ0n) is 22.7. The monoisotopic (exact) mass is 601 g/mol. The molecule has 1 N–H and O–H groups in total. The molecule has 0 radical (unpaired) electrons. The van der Waals surface area contributed by atoms with E-state index in [-0.39, 0.29) is 28.0 Å². The molecule has 1 aliphatic rings. The summed E-state index contributed by atoms with van der Waals surface area (Å²) in [4.78, 5) is 33.0. The second-order valence-corrected chi connectivity index (χ2v) is 11.8. The number of carbonyl (C=O) groups is 2. The lowest BCUT2D eigenvalue weighted by atomic mass is 9.96. The molecule has 0 aliphatic carbocycles. The molecule has 1 amide bonds. The number of aliphatic hydroxyl groups is 1. The number of ether oxygens (including phenoxy) is 1. The molecule has 0 spiro atoms. The van der Waals surface area contributed by atoms with E-state index in [2.05, 4.69) is 15.2 Å². The van der Waals surface area contributed by atoms with Crippen LogP contribution in [0.4, 0.5) is 9.52 Å². The fourth-order valence-corrected chi connectivity index (χ4v) is 6.77. The maximum atomic E-state index is 14.1. The van der Waals surface area contributed by atoms with Gasteiger partial charge in [-0.05, 0) is 54.8 Å². The van der Waals surface area contributed by atoms with Gasteiger partial charge >= 0.3 is 5.91 Å². The highest BCUT2D eigenvalue weighted by Crippen LogP contribution is 2.44. The van der Waals surface area contributed by atoms with Gasteiger partial charge in [0.1, 0.15) is 22.9 Å². The lowest BCUT2D eigenvalue weighted by Gasteiger charge is -2.22. The van der Waals surface area contributed by atoms with Crippen LogP contribution in [0, 0.1) is 19.7 Å². The number of nitrogens with zero attached hydrogens (tertiary/aromatic N) is 5. The summed E-state index contributed by atoms with van der Waals surface area (Å²) in [5, 5.41) is 20.2. The number of pyridine rings is 1. The van der Waals surface area contributed by atoms with Crippen LogP contribution >= 0.6 is 23.1 Å². The summed E-state index contributed by atoms with van der Waals surface area (Å²) in [5.74, 6) is -1.51. The number of fused-ring (bicyclic) bond motifs is 1. The third-order valence-electron chi connectivity index (χ3n) is 7.10. The van der Waals surface area contributed by atoms with Gasteiger partial charge in [0.05, 0.1) is 24.4 Å². The predicted octanol–water partition coefficient (Wildman–Crippen LogP) is 5.87. The van der Waals surface area contributed by atoms with Crippen molar-refractivity contribution in [1.29, 1.82) is 0 Å². The van der Waals surface area contributed by atoms with Crippen LogP contribution in [-0.2, 0) is 15.3 Å². The second kappa shape index (κ2) is 11.0. The maximum absolute atomic E-state index is 14.1. The topological polar surface area (TPSA) is 110 Å². The van der Waals surface area contributed by atoms with E-state index in [0.29, 0.717) is 38.3 Å². The number of Topliss-reactive ketones (excluding diaryl/α,β-unsaturated/α-hetero) is 1. The van der Waals surface area contributed by atoms with Gasteiger partial charge in [-0.2, -0.15) is 0 Å². The normalized spacial score (nSPS) is 16.5. The highest BCUT2D eigenvalue weighted by molar-refractivity contribution is 8.00. The Labute approximate surface area is 248 Å². The highest BCUT2D eigenvalue weighted by atomic mass is 32.2. The summed E-state index contributed by atoms with van der Waals surface area (Å²) in [6.07, 6.45) is 1.82. The largest absolute Gasteiger partial charge is 0.505 e. The van der Waals surface area contributed by atoms with Crippen LogP contribution in [0.3, 0.4) is 0 Å². The van der Waals surface area contributed by atoms with Crippen LogP contribution in [0.2, 0.25) is 0 Å². The molecular formula is C30H24FN5O4S2. The van der Waals surface area contributed by atoms with E-state index in [9.17, 15) is 19.1 Å². The van der Waals surface area contributed by atoms with Crippen LogP contribution in [-0.4, -0.2) is 43.5 Å². The number of hydrogen-bond donors (Lipinski definition) is 1. The van der Waals surface area contributed by atoms with Crippen LogP contribution < -0.4 is 9.64 Å². The van der Waals surface area contributed by atoms with Gasteiger partial charge in [0, 0.05) is 11.9 Å². The summed E-state index contributed by atoms with van der Waals surface area (Å²) in [7, 11) is 1.54. The molecule has 2 aromatic carbocycles. The van der Waals surface area contributed by atoms with Gasteiger partial charge in [-0.25, -0.2) is 9.37 Å². The minimum atomic E-state index is -1.00. The molecule has 1 saturated heterocycles. The Morgan fingerprint density at radius 3 is 2.55 bits per heavy atom. The van der Waals surface area contributed by atoms with Crippen molar-refractivity contribution >= 4 is 51.3 Å². The molecule has 0 bridgehead atoms. The van der Waals surface area contributed by atoms with Gasteiger partial charge in [0.25, 0.3) is 5.78 Å². The fraction of sp³-hybridized carbons (Fsp3) is 0.167. The van der Waals surface area contributed by atoms with Crippen LogP contribution in [0.5, 0.6) is 5.75 Å². The van der Waals surface area contributed by atoms with Crippen molar-refractivity contribution in [2.24, 2.45) is 0 Å². The first-order valence-corrected chi connectivity index (χ1v) is 14.7. The molecule has 1 aliphatic heterocycles. The smallest absolute Gasteiger partial charge is 0.301 e. The third kappa shape index (κ3) is 4.72. The first-order chi connectivity index (χ1) is 20.3. The zero-order chi connectivity index (χ0) is 29.5. The number of imidazole rings is 1. The van der Waals surface area contributed by atoms with Crippen molar-refractivity contribution in [1.82, 2.24) is 19.6 Å². The zero-order valence-corrected chi connectivity index (χ0v) is 24.4. The number of aromatic nitrogens is 4. The number of amides is 1. The van der Waals surface area contributed by atoms with Crippen molar-refractivity contribution < 1.29 is 23.8 Å². The SMILES string of the molecule is COc1ccc(C2C(=C(O)c3nc4c(C)cccn4c3C)C(=O)C(=O)N2c2nnc(SCc3ccccc3F)s2)cc1. The molecule has 42 heavy (non-hydrogen) atoms. The standard InChI is InChI=1S/C30H24FN5O4S2/c1-16-7-6-14-35-17(2)23(32-27(16)35)25(37)22-24(18-10-12-20(40-3)13-11-18)36(28(39)26(22)38)29-33-34-30(42-29)41-15-19-8-4-5-9-21(19)31/h4-14,24,37H,15H2,1-3H3. The van der Waals surface area contributed by atoms with E-state index in [1.807, 2.05) is 29.7 Å². The van der Waals surface area contributed by atoms with E-state index in [0.717, 1.165) is 16.9 Å². The van der Waals surface area contributed by atoms with Gasteiger partial charge in [-0.3, -0.25) is 14.5 Å². The van der Waals surface area contributed by atoms with Crippen molar-refractivity contribution in [2.45, 2.75) is 30.0 Å². The fourth-order valence-electron chi connectivity index (χ4n) is 4.92. The Kier molecular flexibility index (Phi) is 7.25. The molecule has 1 atom stereocenters. The lowest BCUT2D eigenvalue weighted by molar-refractivity contribution is -0.132. The van der Waals surface area contributed by atoms with E-state index < -0.39 is 17.7 Å². The van der Waals surface area contributed by atoms with Crippen molar-refractivity contribution in [3.05, 3.63) is 106 Å². The summed E-state index contributed by atoms with van der Waals surface area (Å²) in [6, 6.07) is 16.1. The summed E-state index contributed by atoms with van der Waals surface area (Å²) >= 11 is 2.38. The number of rotatable bonds is 7. The minimum absolute atomic E-state index is 0.106. The lowest BCUT2D eigenvalue weighted by Crippen LogP contribution is -2.29. The Morgan fingerprint density at radius 2 is 1.83 bits per heavy atom. The maximum Gasteiger partial charge on any atom is 0.301 e. The number of ketones is 1. The van der Waals surface area contributed by atoms with Crippen molar-refractivity contribution in [2.75, 3.05) is 12.0 Å². The van der Waals surface area contributed by atoms with Gasteiger partial charge in [0.2, 0.25) is 5.13 Å². The first kappa shape index (κ1) is 27.6.